The Bertz CT molecular complexity index is 440. The Morgan fingerprint density at radius 2 is 2.00 bits per heavy atom. The normalized spacial score (nSPS) is 13.5. The standard InChI is InChI=1S/C10H14N2O2S/c1-8(2)9(3)7-15(13,14)10-11-5-4-6-12-10/h4-6,9H,1,7H2,2-3H3. The number of aromatic nitrogens is 2. The molecule has 0 aliphatic carbocycles. The number of allylic oxidation sites excluding steroid dienone is 1. The highest BCUT2D eigenvalue weighted by Gasteiger charge is 2.21. The fraction of sp³-hybridized carbons (Fsp3) is 0.400. The molecule has 82 valence electrons. The largest absolute Gasteiger partial charge is 0.247 e. The van der Waals surface area contributed by atoms with Gasteiger partial charge in [0.25, 0.3) is 0 Å². The van der Waals surface area contributed by atoms with Crippen molar-refractivity contribution in [2.45, 2.75) is 19.0 Å². The Morgan fingerprint density at radius 1 is 1.47 bits per heavy atom. The lowest BCUT2D eigenvalue weighted by Crippen LogP contribution is -2.16. The first kappa shape index (κ1) is 11.8. The molecule has 0 aromatic carbocycles. The van der Waals surface area contributed by atoms with Crippen LogP contribution in [0.4, 0.5) is 0 Å². The summed E-state index contributed by atoms with van der Waals surface area (Å²) in [5.74, 6) is -0.0781. The molecule has 0 saturated carbocycles. The number of hydrogen-bond donors (Lipinski definition) is 0. The van der Waals surface area contributed by atoms with Gasteiger partial charge in [-0.2, -0.15) is 0 Å². The lowest BCUT2D eigenvalue weighted by atomic mass is 10.1. The molecule has 1 atom stereocenters. The summed E-state index contributed by atoms with van der Waals surface area (Å²) >= 11 is 0. The fourth-order valence-corrected chi connectivity index (χ4v) is 2.53. The van der Waals surface area contributed by atoms with Crippen LogP contribution in [0.25, 0.3) is 0 Å². The van der Waals surface area contributed by atoms with Crippen LogP contribution in [0.2, 0.25) is 0 Å². The molecule has 0 amide bonds. The maximum Gasteiger partial charge on any atom is 0.247 e. The van der Waals surface area contributed by atoms with E-state index >= 15 is 0 Å². The maximum absolute atomic E-state index is 11.8. The van der Waals surface area contributed by atoms with Crippen molar-refractivity contribution < 1.29 is 8.42 Å². The van der Waals surface area contributed by atoms with Crippen LogP contribution in [0.15, 0.2) is 35.8 Å². The van der Waals surface area contributed by atoms with E-state index in [9.17, 15) is 8.42 Å². The minimum Gasteiger partial charge on any atom is -0.227 e. The van der Waals surface area contributed by atoms with Crippen molar-refractivity contribution in [3.05, 3.63) is 30.6 Å². The predicted octanol–water partition coefficient (Wildman–Crippen LogP) is 1.46. The highest BCUT2D eigenvalue weighted by atomic mass is 32.2. The molecule has 1 unspecified atom stereocenters. The van der Waals surface area contributed by atoms with Gasteiger partial charge in [0.05, 0.1) is 5.75 Å². The van der Waals surface area contributed by atoms with E-state index in [-0.39, 0.29) is 16.8 Å². The van der Waals surface area contributed by atoms with Crippen molar-refractivity contribution in [3.63, 3.8) is 0 Å². The van der Waals surface area contributed by atoms with E-state index in [4.69, 9.17) is 0 Å². The molecule has 15 heavy (non-hydrogen) atoms. The van der Waals surface area contributed by atoms with Crippen LogP contribution in [0.5, 0.6) is 0 Å². The molecule has 0 spiro atoms. The first-order chi connectivity index (χ1) is 6.93. The molecule has 5 heteroatoms. The van der Waals surface area contributed by atoms with E-state index in [1.54, 1.807) is 6.07 Å². The van der Waals surface area contributed by atoms with Crippen LogP contribution in [0, 0.1) is 5.92 Å². The lowest BCUT2D eigenvalue weighted by Gasteiger charge is -2.10. The van der Waals surface area contributed by atoms with Crippen LogP contribution >= 0.6 is 0 Å². The van der Waals surface area contributed by atoms with Gasteiger partial charge in [-0.1, -0.05) is 19.1 Å². The van der Waals surface area contributed by atoms with E-state index < -0.39 is 9.84 Å². The molecule has 1 rings (SSSR count). The van der Waals surface area contributed by atoms with Gasteiger partial charge in [0.2, 0.25) is 15.0 Å². The fourth-order valence-electron chi connectivity index (χ4n) is 0.992. The Balaban J connectivity index is 2.91. The Morgan fingerprint density at radius 3 is 2.47 bits per heavy atom. The molecule has 0 aliphatic rings. The van der Waals surface area contributed by atoms with Gasteiger partial charge in [-0.25, -0.2) is 18.4 Å². The van der Waals surface area contributed by atoms with Gasteiger partial charge < -0.3 is 0 Å². The molecular weight excluding hydrogens is 212 g/mol. The molecule has 4 nitrogen and oxygen atoms in total. The summed E-state index contributed by atoms with van der Waals surface area (Å²) in [7, 11) is -3.39. The van der Waals surface area contributed by atoms with Crippen molar-refractivity contribution in [1.29, 1.82) is 0 Å². The highest BCUT2D eigenvalue weighted by molar-refractivity contribution is 7.91. The molecule has 0 fully saturated rings. The molecular formula is C10H14N2O2S. The van der Waals surface area contributed by atoms with Gasteiger partial charge in [0, 0.05) is 12.4 Å². The second-order valence-corrected chi connectivity index (χ2v) is 5.49. The number of rotatable bonds is 4. The molecule has 1 aromatic heterocycles. The third-order valence-electron chi connectivity index (χ3n) is 2.13. The van der Waals surface area contributed by atoms with Gasteiger partial charge in [-0.05, 0) is 18.9 Å². The molecule has 1 aromatic rings. The summed E-state index contributed by atoms with van der Waals surface area (Å²) in [6, 6.07) is 1.58. The van der Waals surface area contributed by atoms with Crippen molar-refractivity contribution in [2.24, 2.45) is 5.92 Å². The average molecular weight is 226 g/mol. The molecule has 0 saturated heterocycles. The second kappa shape index (κ2) is 4.53. The quantitative estimate of drug-likeness (QED) is 0.576. The van der Waals surface area contributed by atoms with E-state index in [0.717, 1.165) is 5.57 Å². The second-order valence-electron chi connectivity index (χ2n) is 3.56. The van der Waals surface area contributed by atoms with Gasteiger partial charge >= 0.3 is 0 Å². The smallest absolute Gasteiger partial charge is 0.227 e. The third kappa shape index (κ3) is 3.13. The van der Waals surface area contributed by atoms with Gasteiger partial charge in [-0.3, -0.25) is 0 Å². The molecule has 1 heterocycles. The summed E-state index contributed by atoms with van der Waals surface area (Å²) < 4.78 is 23.6. The number of sulfone groups is 1. The van der Waals surface area contributed by atoms with Crippen molar-refractivity contribution in [2.75, 3.05) is 5.75 Å². The van der Waals surface area contributed by atoms with Gasteiger partial charge in [0.15, 0.2) is 0 Å². The zero-order chi connectivity index (χ0) is 11.5. The van der Waals surface area contributed by atoms with Crippen LogP contribution in [-0.4, -0.2) is 24.1 Å². The van der Waals surface area contributed by atoms with Crippen molar-refractivity contribution in [1.82, 2.24) is 9.97 Å². The SMILES string of the molecule is C=C(C)C(C)CS(=O)(=O)c1ncccn1. The van der Waals surface area contributed by atoms with Gasteiger partial charge in [0.1, 0.15) is 0 Å². The van der Waals surface area contributed by atoms with Crippen LogP contribution in [0.1, 0.15) is 13.8 Å². The molecule has 0 radical (unpaired) electrons. The molecule has 0 N–H and O–H groups in total. The van der Waals surface area contributed by atoms with Crippen LogP contribution < -0.4 is 0 Å². The summed E-state index contributed by atoms with van der Waals surface area (Å²) in [6.07, 6.45) is 2.84. The number of nitrogens with zero attached hydrogens (tertiary/aromatic N) is 2. The topological polar surface area (TPSA) is 59.9 Å². The monoisotopic (exact) mass is 226 g/mol. The van der Waals surface area contributed by atoms with Crippen molar-refractivity contribution in [3.8, 4) is 0 Å². The average Bonchev–Trinajstić information content (AvgIpc) is 2.18. The Kier molecular flexibility index (Phi) is 3.57. The Labute approximate surface area is 90.0 Å². The van der Waals surface area contributed by atoms with E-state index in [1.165, 1.54) is 12.4 Å². The lowest BCUT2D eigenvalue weighted by molar-refractivity contribution is 0.576. The minimum absolute atomic E-state index is 0.00630. The zero-order valence-corrected chi connectivity index (χ0v) is 9.66. The summed E-state index contributed by atoms with van der Waals surface area (Å²) in [5.41, 5.74) is 0.842. The summed E-state index contributed by atoms with van der Waals surface area (Å²) in [6.45, 7) is 7.36. The van der Waals surface area contributed by atoms with Gasteiger partial charge in [-0.15, -0.1) is 0 Å². The number of hydrogen-bond acceptors (Lipinski definition) is 4. The van der Waals surface area contributed by atoms with E-state index in [2.05, 4.69) is 16.5 Å². The Hall–Kier alpha value is -1.23. The summed E-state index contributed by atoms with van der Waals surface area (Å²) in [4.78, 5) is 7.47. The third-order valence-corrected chi connectivity index (χ3v) is 3.84. The summed E-state index contributed by atoms with van der Waals surface area (Å²) in [5, 5.41) is -0.113. The predicted molar refractivity (Wildman–Crippen MR) is 58.1 cm³/mol. The maximum atomic E-state index is 11.8. The zero-order valence-electron chi connectivity index (χ0n) is 8.84. The van der Waals surface area contributed by atoms with E-state index in [0.29, 0.717) is 0 Å². The first-order valence-electron chi connectivity index (χ1n) is 4.58. The molecule has 0 bridgehead atoms. The molecule has 0 aliphatic heterocycles. The minimum atomic E-state index is -3.39. The first-order valence-corrected chi connectivity index (χ1v) is 6.24. The van der Waals surface area contributed by atoms with Crippen LogP contribution in [0.3, 0.4) is 0 Å². The van der Waals surface area contributed by atoms with Crippen molar-refractivity contribution >= 4 is 9.84 Å². The van der Waals surface area contributed by atoms with E-state index in [1.807, 2.05) is 13.8 Å². The highest BCUT2D eigenvalue weighted by Crippen LogP contribution is 2.14. The van der Waals surface area contributed by atoms with Crippen LogP contribution in [-0.2, 0) is 9.84 Å².